The van der Waals surface area contributed by atoms with E-state index in [0.29, 0.717) is 11.3 Å². The van der Waals surface area contributed by atoms with Gasteiger partial charge in [0.15, 0.2) is 5.78 Å². The minimum Gasteiger partial charge on any atom is -0.361 e. The van der Waals surface area contributed by atoms with Crippen LogP contribution in [0.25, 0.3) is 0 Å². The van der Waals surface area contributed by atoms with Crippen molar-refractivity contribution in [3.63, 3.8) is 0 Å². The fourth-order valence-electron chi connectivity index (χ4n) is 0.734. The average Bonchev–Trinajstić information content (AvgIpc) is 2.36. The van der Waals surface area contributed by atoms with Gasteiger partial charge in [0.2, 0.25) is 0 Å². The molecule has 0 amide bonds. The maximum Gasteiger partial charge on any atom is 0.182 e. The van der Waals surface area contributed by atoms with Crippen LogP contribution in [0.1, 0.15) is 22.5 Å². The average molecular weight is 150 g/mol. The van der Waals surface area contributed by atoms with E-state index in [1.807, 2.05) is 0 Å². The molecule has 0 radical (unpaired) electrons. The van der Waals surface area contributed by atoms with Crippen molar-refractivity contribution in [2.75, 3.05) is 0 Å². The summed E-state index contributed by atoms with van der Waals surface area (Å²) in [5.41, 5.74) is 0.395. The molecule has 1 aromatic heterocycles. The van der Waals surface area contributed by atoms with Crippen molar-refractivity contribution in [3.05, 3.63) is 17.5 Å². The number of nitriles is 1. The molecule has 1 rings (SSSR count). The Bertz CT molecular complexity index is 308. The van der Waals surface area contributed by atoms with E-state index in [-0.39, 0.29) is 12.2 Å². The second-order valence-electron chi connectivity index (χ2n) is 2.05. The first kappa shape index (κ1) is 7.48. The van der Waals surface area contributed by atoms with Crippen LogP contribution in [-0.2, 0) is 0 Å². The predicted octanol–water partition coefficient (Wildman–Crippen LogP) is 1.08. The van der Waals surface area contributed by atoms with Gasteiger partial charge >= 0.3 is 0 Å². The van der Waals surface area contributed by atoms with Gasteiger partial charge in [0.1, 0.15) is 5.76 Å². The smallest absolute Gasteiger partial charge is 0.182 e. The number of carbonyl (C=O) groups is 1. The molecule has 0 unspecified atom stereocenters. The van der Waals surface area contributed by atoms with Crippen molar-refractivity contribution in [1.29, 1.82) is 5.26 Å². The standard InChI is InChI=1S/C7H6N2O2/c1-5-6(4-9-11-5)7(10)2-3-8/h4H,2H2,1H3. The summed E-state index contributed by atoms with van der Waals surface area (Å²) in [7, 11) is 0. The Labute approximate surface area is 63.4 Å². The van der Waals surface area contributed by atoms with E-state index in [4.69, 9.17) is 5.26 Å². The van der Waals surface area contributed by atoms with Crippen molar-refractivity contribution >= 4 is 5.78 Å². The minimum atomic E-state index is -0.244. The topological polar surface area (TPSA) is 66.9 Å². The van der Waals surface area contributed by atoms with Gasteiger partial charge in [0, 0.05) is 0 Å². The van der Waals surface area contributed by atoms with Crippen molar-refractivity contribution in [3.8, 4) is 6.07 Å². The number of rotatable bonds is 2. The van der Waals surface area contributed by atoms with Gasteiger partial charge in [-0.1, -0.05) is 5.16 Å². The zero-order valence-corrected chi connectivity index (χ0v) is 6.00. The molecular weight excluding hydrogens is 144 g/mol. The summed E-state index contributed by atoms with van der Waals surface area (Å²) < 4.78 is 4.65. The Morgan fingerprint density at radius 1 is 1.91 bits per heavy atom. The van der Waals surface area contributed by atoms with Crippen molar-refractivity contribution in [2.45, 2.75) is 13.3 Å². The van der Waals surface area contributed by atoms with Crippen LogP contribution in [0.3, 0.4) is 0 Å². The van der Waals surface area contributed by atoms with Crippen LogP contribution < -0.4 is 0 Å². The second kappa shape index (κ2) is 2.97. The summed E-state index contributed by atoms with van der Waals surface area (Å²) >= 11 is 0. The maximum atomic E-state index is 11.0. The summed E-state index contributed by atoms with van der Waals surface area (Å²) in [5, 5.41) is 11.6. The number of aryl methyl sites for hydroxylation is 1. The highest BCUT2D eigenvalue weighted by atomic mass is 16.5. The zero-order chi connectivity index (χ0) is 8.27. The summed E-state index contributed by atoms with van der Waals surface area (Å²) in [6.07, 6.45) is 1.21. The number of hydrogen-bond acceptors (Lipinski definition) is 4. The first-order chi connectivity index (χ1) is 5.25. The third-order valence-corrected chi connectivity index (χ3v) is 1.29. The van der Waals surface area contributed by atoms with Crippen LogP contribution in [-0.4, -0.2) is 10.9 Å². The van der Waals surface area contributed by atoms with Gasteiger partial charge in [-0.2, -0.15) is 5.26 Å². The van der Waals surface area contributed by atoms with Crippen LogP contribution in [0.15, 0.2) is 10.7 Å². The van der Waals surface area contributed by atoms with Crippen molar-refractivity contribution in [2.24, 2.45) is 0 Å². The molecule has 0 N–H and O–H groups in total. The molecule has 0 atom stereocenters. The summed E-state index contributed by atoms with van der Waals surface area (Å²) in [5.74, 6) is 0.219. The molecule has 0 aliphatic rings. The Morgan fingerprint density at radius 2 is 2.64 bits per heavy atom. The van der Waals surface area contributed by atoms with E-state index >= 15 is 0 Å². The maximum absolute atomic E-state index is 11.0. The lowest BCUT2D eigenvalue weighted by Crippen LogP contribution is -1.96. The third kappa shape index (κ3) is 1.44. The number of Topliss-reactive ketones (excluding diaryl/α,β-unsaturated/α-hetero) is 1. The van der Waals surface area contributed by atoms with E-state index in [1.165, 1.54) is 6.20 Å². The molecule has 0 aliphatic carbocycles. The first-order valence-corrected chi connectivity index (χ1v) is 3.07. The lowest BCUT2D eigenvalue weighted by molar-refractivity contribution is 0.0996. The minimum absolute atomic E-state index is 0.123. The molecule has 0 fully saturated rings. The highest BCUT2D eigenvalue weighted by Gasteiger charge is 2.11. The number of nitrogens with zero attached hydrogens (tertiary/aromatic N) is 2. The predicted molar refractivity (Wildman–Crippen MR) is 35.8 cm³/mol. The normalized spacial score (nSPS) is 9.09. The Balaban J connectivity index is 2.86. The first-order valence-electron chi connectivity index (χ1n) is 3.07. The van der Waals surface area contributed by atoms with Gasteiger partial charge in [-0.25, -0.2) is 0 Å². The molecule has 0 aliphatic heterocycles. The van der Waals surface area contributed by atoms with Gasteiger partial charge in [-0.15, -0.1) is 0 Å². The molecule has 4 heteroatoms. The van der Waals surface area contributed by atoms with Crippen LogP contribution in [0, 0.1) is 18.3 Å². The van der Waals surface area contributed by atoms with Gasteiger partial charge in [0.25, 0.3) is 0 Å². The van der Waals surface area contributed by atoms with Crippen LogP contribution in [0.4, 0.5) is 0 Å². The Hall–Kier alpha value is -1.63. The zero-order valence-electron chi connectivity index (χ0n) is 6.00. The second-order valence-corrected chi connectivity index (χ2v) is 2.05. The number of hydrogen-bond donors (Lipinski definition) is 0. The van der Waals surface area contributed by atoms with Crippen molar-refractivity contribution in [1.82, 2.24) is 5.16 Å². The van der Waals surface area contributed by atoms with E-state index < -0.39 is 0 Å². The summed E-state index contributed by atoms with van der Waals surface area (Å²) in [4.78, 5) is 11.0. The number of aromatic nitrogens is 1. The fourth-order valence-corrected chi connectivity index (χ4v) is 0.734. The highest BCUT2D eigenvalue weighted by molar-refractivity contribution is 5.97. The summed E-state index contributed by atoms with van der Waals surface area (Å²) in [6, 6.07) is 1.76. The molecule has 0 saturated heterocycles. The third-order valence-electron chi connectivity index (χ3n) is 1.29. The van der Waals surface area contributed by atoms with E-state index in [2.05, 4.69) is 9.68 Å². The van der Waals surface area contributed by atoms with E-state index in [1.54, 1.807) is 13.0 Å². The molecule has 1 aromatic rings. The molecule has 0 aromatic carbocycles. The van der Waals surface area contributed by atoms with Gasteiger partial charge in [0.05, 0.1) is 24.3 Å². The molecule has 56 valence electrons. The molecule has 0 saturated carbocycles. The van der Waals surface area contributed by atoms with E-state index in [9.17, 15) is 4.79 Å². The lowest BCUT2D eigenvalue weighted by Gasteiger charge is -1.87. The fraction of sp³-hybridized carbons (Fsp3) is 0.286. The molecule has 4 nitrogen and oxygen atoms in total. The highest BCUT2D eigenvalue weighted by Crippen LogP contribution is 2.07. The van der Waals surface area contributed by atoms with E-state index in [0.717, 1.165) is 0 Å². The summed E-state index contributed by atoms with van der Waals surface area (Å²) in [6.45, 7) is 1.64. The number of ketones is 1. The molecule has 1 heterocycles. The number of carbonyl (C=O) groups excluding carboxylic acids is 1. The molecule has 0 spiro atoms. The van der Waals surface area contributed by atoms with Crippen LogP contribution in [0.5, 0.6) is 0 Å². The van der Waals surface area contributed by atoms with Gasteiger partial charge < -0.3 is 4.52 Å². The molecular formula is C7H6N2O2. The Morgan fingerprint density at radius 3 is 3.09 bits per heavy atom. The molecule has 11 heavy (non-hydrogen) atoms. The monoisotopic (exact) mass is 150 g/mol. The van der Waals surface area contributed by atoms with Crippen LogP contribution >= 0.6 is 0 Å². The molecule has 0 bridgehead atoms. The lowest BCUT2D eigenvalue weighted by atomic mass is 10.1. The largest absolute Gasteiger partial charge is 0.361 e. The van der Waals surface area contributed by atoms with Crippen LogP contribution in [0.2, 0.25) is 0 Å². The van der Waals surface area contributed by atoms with Gasteiger partial charge in [-0.3, -0.25) is 4.79 Å². The van der Waals surface area contributed by atoms with Gasteiger partial charge in [-0.05, 0) is 6.92 Å². The Kier molecular flexibility index (Phi) is 2.02. The SMILES string of the molecule is Cc1oncc1C(=O)CC#N. The quantitative estimate of drug-likeness (QED) is 0.591. The van der Waals surface area contributed by atoms with Crippen molar-refractivity contribution < 1.29 is 9.32 Å².